The van der Waals surface area contributed by atoms with E-state index in [2.05, 4.69) is 10.4 Å². The Balaban J connectivity index is 1.37. The highest BCUT2D eigenvalue weighted by atomic mass is 19.4. The Hall–Kier alpha value is -3.02. The molecule has 39 heavy (non-hydrogen) atoms. The fourth-order valence-corrected chi connectivity index (χ4v) is 6.04. The van der Waals surface area contributed by atoms with Crippen LogP contribution in [0.15, 0.2) is 30.3 Å². The van der Waals surface area contributed by atoms with E-state index in [4.69, 9.17) is 0 Å². The van der Waals surface area contributed by atoms with Gasteiger partial charge in [-0.2, -0.15) is 18.3 Å². The summed E-state index contributed by atoms with van der Waals surface area (Å²) in [6, 6.07) is 5.50. The van der Waals surface area contributed by atoms with Gasteiger partial charge in [0.05, 0.1) is 23.2 Å². The van der Waals surface area contributed by atoms with E-state index in [9.17, 15) is 36.6 Å². The number of carbonyl (C=O) groups excluding carboxylic acids is 1. The number of hydrogen-bond donors (Lipinski definition) is 2. The van der Waals surface area contributed by atoms with E-state index >= 15 is 0 Å². The number of benzene rings is 1. The first-order chi connectivity index (χ1) is 18.4. The van der Waals surface area contributed by atoms with Crippen LogP contribution in [-0.2, 0) is 11.0 Å². The Kier molecular flexibility index (Phi) is 7.19. The quantitative estimate of drug-likeness (QED) is 0.422. The average molecular weight is 555 g/mol. The number of piperidine rings is 1. The van der Waals surface area contributed by atoms with Gasteiger partial charge in [-0.1, -0.05) is 31.0 Å². The topological polar surface area (TPSA) is 87.5 Å². The van der Waals surface area contributed by atoms with Gasteiger partial charge in [0.15, 0.2) is 5.69 Å². The molecule has 0 radical (unpaired) electrons. The van der Waals surface area contributed by atoms with Gasteiger partial charge in [-0.25, -0.2) is 8.78 Å². The highest BCUT2D eigenvalue weighted by molar-refractivity contribution is 5.94. The highest BCUT2D eigenvalue weighted by Crippen LogP contribution is 2.59. The van der Waals surface area contributed by atoms with Gasteiger partial charge in [-0.05, 0) is 38.3 Å². The molecule has 3 aliphatic rings. The smallest absolute Gasteiger partial charge is 0.417 e. The molecule has 7 nitrogen and oxygen atoms in total. The van der Waals surface area contributed by atoms with E-state index < -0.39 is 53.3 Å². The summed E-state index contributed by atoms with van der Waals surface area (Å²) in [6.45, 7) is 2.25. The first-order valence-electron chi connectivity index (χ1n) is 13.3. The van der Waals surface area contributed by atoms with Crippen molar-refractivity contribution in [2.24, 2.45) is 17.8 Å². The molecular formula is C27H31F5N4O3. The summed E-state index contributed by atoms with van der Waals surface area (Å²) in [5, 5.41) is 16.7. The van der Waals surface area contributed by atoms with Crippen LogP contribution in [-0.4, -0.2) is 63.3 Å². The minimum atomic E-state index is -4.61. The van der Waals surface area contributed by atoms with Crippen LogP contribution >= 0.6 is 0 Å². The van der Waals surface area contributed by atoms with Gasteiger partial charge in [-0.3, -0.25) is 14.3 Å². The first-order valence-corrected chi connectivity index (χ1v) is 13.3. The standard InChI is InChI=1S/C27H31F5N4O3/c1-15(25(38)39)21(10-11-35-13-19-20(14-35)26(19,28)29)33-24(37)22-12-23(36(34-22)16-6-2-3-7-16)17-8-4-5-9-18(17)27(30,31)32/h4-5,8-9,12,15-16,19-21H,2-3,6-7,10-11,13-14H2,1H3,(H,33,37)(H,38,39)/t15?,19?,20?,21-/m0/s1. The summed E-state index contributed by atoms with van der Waals surface area (Å²) in [6.07, 6.45) is -1.15. The minimum Gasteiger partial charge on any atom is -0.481 e. The monoisotopic (exact) mass is 554 g/mol. The number of hydrogen-bond acceptors (Lipinski definition) is 4. The number of amides is 1. The number of carboxylic acids is 1. The Morgan fingerprint density at radius 2 is 1.79 bits per heavy atom. The Morgan fingerprint density at radius 3 is 2.41 bits per heavy atom. The lowest BCUT2D eigenvalue weighted by molar-refractivity contribution is -0.142. The molecule has 1 amide bonds. The lowest BCUT2D eigenvalue weighted by Gasteiger charge is -2.26. The van der Waals surface area contributed by atoms with Crippen molar-refractivity contribution >= 4 is 11.9 Å². The number of rotatable bonds is 9. The molecule has 5 rings (SSSR count). The van der Waals surface area contributed by atoms with E-state index in [1.54, 1.807) is 0 Å². The second-order valence-corrected chi connectivity index (χ2v) is 11.0. The van der Waals surface area contributed by atoms with Crippen molar-refractivity contribution in [3.8, 4) is 11.3 Å². The van der Waals surface area contributed by atoms with E-state index in [0.29, 0.717) is 6.54 Å². The molecule has 2 heterocycles. The maximum Gasteiger partial charge on any atom is 0.417 e. The van der Waals surface area contributed by atoms with Crippen LogP contribution in [0.1, 0.15) is 61.1 Å². The molecule has 2 saturated carbocycles. The van der Waals surface area contributed by atoms with Crippen LogP contribution in [0.4, 0.5) is 22.0 Å². The molecule has 1 saturated heterocycles. The van der Waals surface area contributed by atoms with Gasteiger partial charge in [0.1, 0.15) is 0 Å². The number of nitrogens with one attached hydrogen (secondary N) is 1. The Bertz CT molecular complexity index is 1230. The summed E-state index contributed by atoms with van der Waals surface area (Å²) in [7, 11) is 0. The molecule has 0 spiro atoms. The van der Waals surface area contributed by atoms with Crippen LogP contribution in [0.5, 0.6) is 0 Å². The van der Waals surface area contributed by atoms with Gasteiger partial charge in [0.2, 0.25) is 0 Å². The average Bonchev–Trinajstić information content (AvgIpc) is 3.49. The maximum absolute atomic E-state index is 13.8. The molecule has 2 N–H and O–H groups in total. The molecule has 3 unspecified atom stereocenters. The summed E-state index contributed by atoms with van der Waals surface area (Å²) >= 11 is 0. The maximum atomic E-state index is 13.8. The van der Waals surface area contributed by atoms with Crippen molar-refractivity contribution in [1.82, 2.24) is 20.0 Å². The zero-order valence-electron chi connectivity index (χ0n) is 21.4. The fraction of sp³-hybridized carbons (Fsp3) is 0.593. The van der Waals surface area contributed by atoms with Crippen LogP contribution in [0.2, 0.25) is 0 Å². The molecule has 2 aromatic rings. The van der Waals surface area contributed by atoms with Gasteiger partial charge >= 0.3 is 12.1 Å². The third kappa shape index (κ3) is 5.39. The summed E-state index contributed by atoms with van der Waals surface area (Å²) in [5.41, 5.74) is -0.829. The van der Waals surface area contributed by atoms with Crippen molar-refractivity contribution in [2.75, 3.05) is 19.6 Å². The number of alkyl halides is 5. The fourth-order valence-electron chi connectivity index (χ4n) is 6.04. The molecule has 3 fully saturated rings. The predicted molar refractivity (Wildman–Crippen MR) is 131 cm³/mol. The van der Waals surface area contributed by atoms with Crippen LogP contribution < -0.4 is 5.32 Å². The zero-order valence-corrected chi connectivity index (χ0v) is 21.4. The number of likely N-dealkylation sites (tertiary alicyclic amines) is 1. The molecule has 2 aliphatic carbocycles. The van der Waals surface area contributed by atoms with Crippen molar-refractivity contribution in [3.05, 3.63) is 41.6 Å². The molecule has 212 valence electrons. The second kappa shape index (κ2) is 10.2. The summed E-state index contributed by atoms with van der Waals surface area (Å²) in [5.74, 6) is -6.76. The SMILES string of the molecule is CC(C(=O)O)[C@H](CCN1CC2C(C1)C2(F)F)NC(=O)c1cc(-c2ccccc2C(F)(F)F)n(C2CCCC2)n1. The summed E-state index contributed by atoms with van der Waals surface area (Å²) in [4.78, 5) is 26.9. The molecule has 1 aromatic carbocycles. The normalized spacial score (nSPS) is 24.4. The van der Waals surface area contributed by atoms with E-state index in [0.717, 1.165) is 31.7 Å². The molecule has 4 atom stereocenters. The van der Waals surface area contributed by atoms with E-state index in [-0.39, 0.29) is 42.5 Å². The van der Waals surface area contributed by atoms with Crippen molar-refractivity contribution in [3.63, 3.8) is 0 Å². The number of halogens is 5. The third-order valence-electron chi connectivity index (χ3n) is 8.49. The van der Waals surface area contributed by atoms with Crippen molar-refractivity contribution in [1.29, 1.82) is 0 Å². The Labute approximate surface area is 222 Å². The van der Waals surface area contributed by atoms with Gasteiger partial charge < -0.3 is 15.3 Å². The number of carbonyl (C=O) groups is 2. The number of aliphatic carboxylic acids is 1. The third-order valence-corrected chi connectivity index (χ3v) is 8.49. The highest BCUT2D eigenvalue weighted by Gasteiger charge is 2.71. The van der Waals surface area contributed by atoms with E-state index in [1.807, 2.05) is 4.90 Å². The largest absolute Gasteiger partial charge is 0.481 e. The van der Waals surface area contributed by atoms with Crippen LogP contribution in [0, 0.1) is 17.8 Å². The molecule has 1 aliphatic heterocycles. The zero-order chi connectivity index (χ0) is 28.1. The molecule has 1 aromatic heterocycles. The molecule has 12 heteroatoms. The lowest BCUT2D eigenvalue weighted by atomic mass is 9.98. The number of aromatic nitrogens is 2. The number of nitrogens with zero attached hydrogens (tertiary/aromatic N) is 3. The number of carboxylic acid groups (broad SMARTS) is 1. The van der Waals surface area contributed by atoms with Crippen molar-refractivity contribution < 1.29 is 36.6 Å². The summed E-state index contributed by atoms with van der Waals surface area (Å²) < 4.78 is 70.0. The van der Waals surface area contributed by atoms with Gasteiger partial charge in [-0.15, -0.1) is 0 Å². The van der Waals surface area contributed by atoms with Crippen molar-refractivity contribution in [2.45, 2.75) is 63.2 Å². The van der Waals surface area contributed by atoms with Gasteiger partial charge in [0, 0.05) is 43.1 Å². The predicted octanol–water partition coefficient (Wildman–Crippen LogP) is 5.09. The Morgan fingerprint density at radius 1 is 1.15 bits per heavy atom. The minimum absolute atomic E-state index is 0.0803. The van der Waals surface area contributed by atoms with E-state index in [1.165, 1.54) is 35.9 Å². The van der Waals surface area contributed by atoms with Crippen LogP contribution in [0.25, 0.3) is 11.3 Å². The molecule has 0 bridgehead atoms. The number of fused-ring (bicyclic) bond motifs is 1. The molecular weight excluding hydrogens is 523 g/mol. The van der Waals surface area contributed by atoms with Crippen LogP contribution in [0.3, 0.4) is 0 Å². The lowest BCUT2D eigenvalue weighted by Crippen LogP contribution is -2.44. The first kappa shape index (κ1) is 27.5. The second-order valence-electron chi connectivity index (χ2n) is 11.0. The van der Waals surface area contributed by atoms with Gasteiger partial charge in [0.25, 0.3) is 11.8 Å².